The maximum atomic E-state index is 6.11. The van der Waals surface area contributed by atoms with Crippen LogP contribution < -0.4 is 0 Å². The van der Waals surface area contributed by atoms with Gasteiger partial charge in [-0.3, -0.25) is 0 Å². The monoisotopic (exact) mass is 290 g/mol. The van der Waals surface area contributed by atoms with Crippen LogP contribution in [0.1, 0.15) is 78.1 Å². The Balaban J connectivity index is 1.70. The number of hydrogen-bond acceptors (Lipinski definition) is 1. The summed E-state index contributed by atoms with van der Waals surface area (Å²) in [5.41, 5.74) is 1.29. The summed E-state index contributed by atoms with van der Waals surface area (Å²) in [6.07, 6.45) is 15.3. The van der Waals surface area contributed by atoms with Gasteiger partial charge in [-0.25, -0.2) is 0 Å². The minimum Gasteiger partial charge on any atom is -0.381 e. The largest absolute Gasteiger partial charge is 0.381 e. The number of ether oxygens (including phenoxy) is 1. The lowest BCUT2D eigenvalue weighted by Crippen LogP contribution is -2.57. The molecule has 4 aliphatic carbocycles. The first-order chi connectivity index (χ1) is 10.1. The third-order valence-electron chi connectivity index (χ3n) is 8.66. The van der Waals surface area contributed by atoms with Gasteiger partial charge in [-0.15, -0.1) is 0 Å². The molecule has 0 saturated heterocycles. The van der Waals surface area contributed by atoms with Gasteiger partial charge in [0, 0.05) is 7.11 Å². The molecule has 1 heteroatoms. The number of hydrogen-bond donors (Lipinski definition) is 0. The lowest BCUT2D eigenvalue weighted by Gasteiger charge is -2.62. The van der Waals surface area contributed by atoms with Crippen LogP contribution in [0.5, 0.6) is 0 Å². The van der Waals surface area contributed by atoms with E-state index in [-0.39, 0.29) is 0 Å². The zero-order chi connectivity index (χ0) is 14.7. The van der Waals surface area contributed by atoms with Gasteiger partial charge in [0.15, 0.2) is 0 Å². The molecule has 0 radical (unpaired) electrons. The topological polar surface area (TPSA) is 9.23 Å². The van der Waals surface area contributed by atoms with Crippen molar-refractivity contribution < 1.29 is 4.74 Å². The highest BCUT2D eigenvalue weighted by Gasteiger charge is 2.60. The molecule has 0 bridgehead atoms. The summed E-state index contributed by atoms with van der Waals surface area (Å²) < 4.78 is 6.11. The van der Waals surface area contributed by atoms with E-state index in [1.165, 1.54) is 64.2 Å². The smallest absolute Gasteiger partial charge is 0.0608 e. The molecule has 0 aromatic heterocycles. The van der Waals surface area contributed by atoms with E-state index in [9.17, 15) is 0 Å². The van der Waals surface area contributed by atoms with Crippen LogP contribution in [0.2, 0.25) is 0 Å². The lowest BCUT2D eigenvalue weighted by atomic mass is 9.44. The molecule has 0 heterocycles. The molecule has 1 nitrogen and oxygen atoms in total. The first-order valence-corrected chi connectivity index (χ1v) is 9.61. The Hall–Kier alpha value is -0.0400. The Morgan fingerprint density at radius 1 is 0.857 bits per heavy atom. The van der Waals surface area contributed by atoms with Gasteiger partial charge in [0.1, 0.15) is 0 Å². The molecule has 21 heavy (non-hydrogen) atoms. The summed E-state index contributed by atoms with van der Waals surface area (Å²) >= 11 is 0. The standard InChI is InChI=1S/C20H34O/c1-19-10-6-8-15(19)18-16(9-12-19)20(2)11-5-4-7-14(20)13-17(18)21-3/h14-18H,4-13H2,1-3H3/t14-,15-,16-,17-,18-,19-,20-/m0/s1. The van der Waals surface area contributed by atoms with Gasteiger partial charge < -0.3 is 4.74 Å². The van der Waals surface area contributed by atoms with Crippen LogP contribution in [-0.4, -0.2) is 13.2 Å². The zero-order valence-electron chi connectivity index (χ0n) is 14.4. The molecule has 0 N–H and O–H groups in total. The molecule has 0 aromatic carbocycles. The molecule has 0 aromatic rings. The maximum absolute atomic E-state index is 6.11. The molecule has 7 atom stereocenters. The van der Waals surface area contributed by atoms with E-state index in [1.54, 1.807) is 0 Å². The highest BCUT2D eigenvalue weighted by Crippen LogP contribution is 2.66. The summed E-state index contributed by atoms with van der Waals surface area (Å²) in [5, 5.41) is 0. The van der Waals surface area contributed by atoms with Crippen molar-refractivity contribution in [2.24, 2.45) is 34.5 Å². The number of fused-ring (bicyclic) bond motifs is 5. The summed E-state index contributed by atoms with van der Waals surface area (Å²) in [7, 11) is 1.99. The van der Waals surface area contributed by atoms with Gasteiger partial charge in [-0.05, 0) is 79.4 Å². The van der Waals surface area contributed by atoms with Crippen molar-refractivity contribution in [2.75, 3.05) is 7.11 Å². The van der Waals surface area contributed by atoms with Crippen LogP contribution in [0, 0.1) is 34.5 Å². The molecule has 4 fully saturated rings. The Morgan fingerprint density at radius 2 is 1.71 bits per heavy atom. The molecule has 4 rings (SSSR count). The SMILES string of the molecule is CO[C@H]1C[C@@H]2CCCC[C@]2(C)[C@H]2CC[C@]3(C)CCC[C@H]3[C@H]12. The van der Waals surface area contributed by atoms with E-state index < -0.39 is 0 Å². The van der Waals surface area contributed by atoms with E-state index in [2.05, 4.69) is 13.8 Å². The van der Waals surface area contributed by atoms with Crippen molar-refractivity contribution in [1.29, 1.82) is 0 Å². The Morgan fingerprint density at radius 3 is 2.52 bits per heavy atom. The summed E-state index contributed by atoms with van der Waals surface area (Å²) in [6.45, 7) is 5.26. The van der Waals surface area contributed by atoms with Crippen molar-refractivity contribution in [2.45, 2.75) is 84.2 Å². The number of rotatable bonds is 1. The Labute approximate surface area is 131 Å². The molecular weight excluding hydrogens is 256 g/mol. The summed E-state index contributed by atoms with van der Waals surface area (Å²) in [4.78, 5) is 0. The molecule has 0 unspecified atom stereocenters. The third kappa shape index (κ3) is 1.98. The second-order valence-corrected chi connectivity index (χ2v) is 9.33. The molecule has 120 valence electrons. The average molecular weight is 290 g/mol. The van der Waals surface area contributed by atoms with Gasteiger partial charge in [0.2, 0.25) is 0 Å². The van der Waals surface area contributed by atoms with Gasteiger partial charge in [0.05, 0.1) is 6.10 Å². The summed E-state index contributed by atoms with van der Waals surface area (Å²) in [6, 6.07) is 0. The van der Waals surface area contributed by atoms with Gasteiger partial charge in [-0.2, -0.15) is 0 Å². The molecule has 0 spiro atoms. The highest BCUT2D eigenvalue weighted by atomic mass is 16.5. The van der Waals surface area contributed by atoms with Crippen molar-refractivity contribution in [3.8, 4) is 0 Å². The summed E-state index contributed by atoms with van der Waals surface area (Å²) in [5.74, 6) is 3.73. The van der Waals surface area contributed by atoms with Gasteiger partial charge >= 0.3 is 0 Å². The Kier molecular flexibility index (Phi) is 3.45. The molecule has 4 saturated carbocycles. The van der Waals surface area contributed by atoms with Crippen LogP contribution >= 0.6 is 0 Å². The van der Waals surface area contributed by atoms with Crippen LogP contribution in [0.3, 0.4) is 0 Å². The van der Waals surface area contributed by atoms with Gasteiger partial charge in [-0.1, -0.05) is 33.1 Å². The van der Waals surface area contributed by atoms with Crippen LogP contribution in [0.25, 0.3) is 0 Å². The van der Waals surface area contributed by atoms with Crippen LogP contribution in [0.15, 0.2) is 0 Å². The predicted octanol–water partition coefficient (Wildman–Crippen LogP) is 5.43. The first-order valence-electron chi connectivity index (χ1n) is 9.61. The molecule has 0 aliphatic heterocycles. The van der Waals surface area contributed by atoms with Crippen LogP contribution in [0.4, 0.5) is 0 Å². The quantitative estimate of drug-likeness (QED) is 0.625. The van der Waals surface area contributed by atoms with Crippen molar-refractivity contribution in [1.82, 2.24) is 0 Å². The molecule has 0 amide bonds. The van der Waals surface area contributed by atoms with Crippen molar-refractivity contribution >= 4 is 0 Å². The minimum absolute atomic E-state index is 0.564. The van der Waals surface area contributed by atoms with Crippen LogP contribution in [-0.2, 0) is 4.74 Å². The minimum atomic E-state index is 0.564. The Bertz CT molecular complexity index is 405. The normalized spacial score (nSPS) is 56.4. The molecule has 4 aliphatic rings. The van der Waals surface area contributed by atoms with E-state index in [1.807, 2.05) is 7.11 Å². The fourth-order valence-electron chi connectivity index (χ4n) is 7.47. The predicted molar refractivity (Wildman–Crippen MR) is 87.1 cm³/mol. The molecular formula is C20H34O. The van der Waals surface area contributed by atoms with E-state index in [0.717, 1.165) is 23.7 Å². The highest BCUT2D eigenvalue weighted by molar-refractivity contribution is 5.09. The average Bonchev–Trinajstić information content (AvgIpc) is 2.87. The second kappa shape index (κ2) is 4.98. The first kappa shape index (κ1) is 14.5. The fraction of sp³-hybridized carbons (Fsp3) is 1.00. The van der Waals surface area contributed by atoms with E-state index in [0.29, 0.717) is 16.9 Å². The third-order valence-corrected chi connectivity index (χ3v) is 8.66. The van der Waals surface area contributed by atoms with Gasteiger partial charge in [0.25, 0.3) is 0 Å². The lowest BCUT2D eigenvalue weighted by molar-refractivity contribution is -0.166. The fourth-order valence-corrected chi connectivity index (χ4v) is 7.47. The number of methoxy groups -OCH3 is 1. The van der Waals surface area contributed by atoms with E-state index in [4.69, 9.17) is 4.74 Å². The van der Waals surface area contributed by atoms with E-state index >= 15 is 0 Å². The van der Waals surface area contributed by atoms with Crippen molar-refractivity contribution in [3.05, 3.63) is 0 Å². The van der Waals surface area contributed by atoms with Crippen molar-refractivity contribution in [3.63, 3.8) is 0 Å². The zero-order valence-corrected chi connectivity index (χ0v) is 14.4. The maximum Gasteiger partial charge on any atom is 0.0608 e. The second-order valence-electron chi connectivity index (χ2n) is 9.33.